The summed E-state index contributed by atoms with van der Waals surface area (Å²) in [6, 6.07) is 3.37. The van der Waals surface area contributed by atoms with Crippen molar-refractivity contribution in [1.29, 1.82) is 0 Å². The first-order valence-electron chi connectivity index (χ1n) is 4.93. The molecule has 0 aliphatic carbocycles. The molecule has 1 aliphatic rings. The van der Waals surface area contributed by atoms with E-state index in [2.05, 4.69) is 5.32 Å². The first-order valence-corrected chi connectivity index (χ1v) is 4.93. The summed E-state index contributed by atoms with van der Waals surface area (Å²) in [5.41, 5.74) is 6.90. The van der Waals surface area contributed by atoms with E-state index in [1.54, 1.807) is 10.6 Å². The predicted molar refractivity (Wildman–Crippen MR) is 56.4 cm³/mol. The van der Waals surface area contributed by atoms with Gasteiger partial charge in [-0.3, -0.25) is 9.36 Å². The third-order valence-electron chi connectivity index (χ3n) is 2.56. The molecule has 2 rings (SSSR count). The van der Waals surface area contributed by atoms with Crippen LogP contribution in [0.15, 0.2) is 16.9 Å². The first-order chi connectivity index (χ1) is 6.70. The van der Waals surface area contributed by atoms with Crippen LogP contribution in [0.5, 0.6) is 0 Å². The summed E-state index contributed by atoms with van der Waals surface area (Å²) in [5.74, 6) is 0.902. The van der Waals surface area contributed by atoms with Crippen LogP contribution in [0.1, 0.15) is 24.9 Å². The van der Waals surface area contributed by atoms with Crippen molar-refractivity contribution in [2.45, 2.75) is 25.9 Å². The lowest BCUT2D eigenvalue weighted by Gasteiger charge is -2.24. The molecule has 1 aromatic heterocycles. The zero-order valence-electron chi connectivity index (χ0n) is 8.29. The van der Waals surface area contributed by atoms with Crippen LogP contribution >= 0.6 is 0 Å². The van der Waals surface area contributed by atoms with Crippen LogP contribution in [0.4, 0.5) is 5.82 Å². The van der Waals surface area contributed by atoms with Crippen molar-refractivity contribution in [3.63, 3.8) is 0 Å². The van der Waals surface area contributed by atoms with Crippen molar-refractivity contribution in [2.24, 2.45) is 5.73 Å². The molecule has 14 heavy (non-hydrogen) atoms. The molecular weight excluding hydrogens is 178 g/mol. The maximum Gasteiger partial charge on any atom is 0.252 e. The van der Waals surface area contributed by atoms with Crippen molar-refractivity contribution < 1.29 is 0 Å². The molecule has 0 saturated carbocycles. The van der Waals surface area contributed by atoms with Gasteiger partial charge >= 0.3 is 0 Å². The molecule has 76 valence electrons. The summed E-state index contributed by atoms with van der Waals surface area (Å²) in [5, 5.41) is 3.24. The summed E-state index contributed by atoms with van der Waals surface area (Å²) in [6.45, 7) is 3.64. The third-order valence-corrected chi connectivity index (χ3v) is 2.56. The van der Waals surface area contributed by atoms with E-state index in [9.17, 15) is 4.79 Å². The zero-order valence-corrected chi connectivity index (χ0v) is 8.29. The van der Waals surface area contributed by atoms with Crippen LogP contribution in [0.3, 0.4) is 0 Å². The molecule has 0 saturated heterocycles. The molecule has 0 aromatic carbocycles. The molecule has 0 radical (unpaired) electrons. The van der Waals surface area contributed by atoms with Gasteiger partial charge in [0.15, 0.2) is 0 Å². The minimum Gasteiger partial charge on any atom is -0.371 e. The van der Waals surface area contributed by atoms with Gasteiger partial charge in [0.1, 0.15) is 5.82 Å². The van der Waals surface area contributed by atoms with E-state index in [1.807, 2.05) is 13.0 Å². The molecule has 1 unspecified atom stereocenters. The Hall–Kier alpha value is -1.29. The minimum atomic E-state index is -0.0394. The van der Waals surface area contributed by atoms with E-state index in [0.717, 1.165) is 30.9 Å². The van der Waals surface area contributed by atoms with Gasteiger partial charge in [0, 0.05) is 30.8 Å². The molecule has 0 amide bonds. The van der Waals surface area contributed by atoms with E-state index in [-0.39, 0.29) is 11.6 Å². The second-order valence-electron chi connectivity index (χ2n) is 3.70. The van der Waals surface area contributed by atoms with Crippen LogP contribution < -0.4 is 16.6 Å². The molecular formula is C10H15N3O. The third kappa shape index (κ3) is 1.42. The SMILES string of the molecule is CC(N)c1ccc(=O)n2c1NCCC2. The number of hydrogen-bond donors (Lipinski definition) is 2. The highest BCUT2D eigenvalue weighted by Crippen LogP contribution is 2.21. The van der Waals surface area contributed by atoms with Crippen molar-refractivity contribution in [3.05, 3.63) is 28.0 Å². The van der Waals surface area contributed by atoms with E-state index < -0.39 is 0 Å². The van der Waals surface area contributed by atoms with Crippen molar-refractivity contribution >= 4 is 5.82 Å². The van der Waals surface area contributed by atoms with E-state index >= 15 is 0 Å². The van der Waals surface area contributed by atoms with Gasteiger partial charge in [0.05, 0.1) is 0 Å². The first kappa shape index (κ1) is 9.27. The molecule has 0 spiro atoms. The van der Waals surface area contributed by atoms with Crippen molar-refractivity contribution in [3.8, 4) is 0 Å². The fourth-order valence-electron chi connectivity index (χ4n) is 1.83. The van der Waals surface area contributed by atoms with Crippen molar-refractivity contribution in [2.75, 3.05) is 11.9 Å². The summed E-state index contributed by atoms with van der Waals surface area (Å²) < 4.78 is 1.77. The Morgan fingerprint density at radius 1 is 1.57 bits per heavy atom. The Morgan fingerprint density at radius 3 is 3.07 bits per heavy atom. The maximum absolute atomic E-state index is 11.5. The highest BCUT2D eigenvalue weighted by Gasteiger charge is 2.15. The molecule has 1 aromatic rings. The molecule has 2 heterocycles. The van der Waals surface area contributed by atoms with E-state index in [0.29, 0.717) is 0 Å². The van der Waals surface area contributed by atoms with Crippen LogP contribution in [0.2, 0.25) is 0 Å². The Bertz CT molecular complexity index is 395. The van der Waals surface area contributed by atoms with Gasteiger partial charge in [-0.2, -0.15) is 0 Å². The van der Waals surface area contributed by atoms with Gasteiger partial charge in [0.25, 0.3) is 5.56 Å². The monoisotopic (exact) mass is 193 g/mol. The topological polar surface area (TPSA) is 60.1 Å². The Balaban J connectivity index is 2.59. The summed E-state index contributed by atoms with van der Waals surface area (Å²) in [6.07, 6.45) is 0.995. The van der Waals surface area contributed by atoms with Crippen molar-refractivity contribution in [1.82, 2.24) is 4.57 Å². The van der Waals surface area contributed by atoms with Crippen LogP contribution in [-0.4, -0.2) is 11.1 Å². The lowest BCUT2D eigenvalue weighted by Crippen LogP contribution is -2.30. The Labute approximate surface area is 82.7 Å². The zero-order chi connectivity index (χ0) is 10.1. The number of aromatic nitrogens is 1. The Morgan fingerprint density at radius 2 is 2.36 bits per heavy atom. The van der Waals surface area contributed by atoms with Crippen LogP contribution in [0, 0.1) is 0 Å². The van der Waals surface area contributed by atoms with Crippen LogP contribution in [0.25, 0.3) is 0 Å². The Kier molecular flexibility index (Phi) is 2.29. The standard InChI is InChI=1S/C10H15N3O/c1-7(11)8-3-4-9(14)13-6-2-5-12-10(8)13/h3-4,7,12H,2,5-6,11H2,1H3. The number of anilines is 1. The molecule has 0 bridgehead atoms. The van der Waals surface area contributed by atoms with Gasteiger partial charge in [-0.1, -0.05) is 0 Å². The smallest absolute Gasteiger partial charge is 0.252 e. The number of nitrogens with two attached hydrogens (primary N) is 1. The number of pyridine rings is 1. The average Bonchev–Trinajstić information content (AvgIpc) is 2.18. The number of nitrogens with zero attached hydrogens (tertiary/aromatic N) is 1. The summed E-state index contributed by atoms with van der Waals surface area (Å²) in [7, 11) is 0. The summed E-state index contributed by atoms with van der Waals surface area (Å²) >= 11 is 0. The number of nitrogens with one attached hydrogen (secondary N) is 1. The maximum atomic E-state index is 11.5. The molecule has 0 fully saturated rings. The highest BCUT2D eigenvalue weighted by atomic mass is 16.1. The van der Waals surface area contributed by atoms with Crippen LogP contribution in [-0.2, 0) is 6.54 Å². The molecule has 4 heteroatoms. The summed E-state index contributed by atoms with van der Waals surface area (Å²) in [4.78, 5) is 11.5. The lowest BCUT2D eigenvalue weighted by atomic mass is 10.1. The lowest BCUT2D eigenvalue weighted by molar-refractivity contribution is 0.599. The minimum absolute atomic E-state index is 0.0394. The molecule has 1 atom stereocenters. The number of fused-ring (bicyclic) bond motifs is 1. The fraction of sp³-hybridized carbons (Fsp3) is 0.500. The van der Waals surface area contributed by atoms with E-state index in [1.165, 1.54) is 0 Å². The average molecular weight is 193 g/mol. The molecule has 3 N–H and O–H groups in total. The number of hydrogen-bond acceptors (Lipinski definition) is 3. The number of rotatable bonds is 1. The quantitative estimate of drug-likeness (QED) is 0.689. The van der Waals surface area contributed by atoms with Gasteiger partial charge in [-0.25, -0.2) is 0 Å². The van der Waals surface area contributed by atoms with Gasteiger partial charge in [-0.15, -0.1) is 0 Å². The normalized spacial score (nSPS) is 17.0. The van der Waals surface area contributed by atoms with Gasteiger partial charge in [0.2, 0.25) is 0 Å². The molecule has 1 aliphatic heterocycles. The highest BCUT2D eigenvalue weighted by molar-refractivity contribution is 5.47. The van der Waals surface area contributed by atoms with Gasteiger partial charge < -0.3 is 11.1 Å². The molecule has 4 nitrogen and oxygen atoms in total. The van der Waals surface area contributed by atoms with Gasteiger partial charge in [-0.05, 0) is 19.4 Å². The second kappa shape index (κ2) is 3.46. The predicted octanol–water partition coefficient (Wildman–Crippen LogP) is 0.684. The second-order valence-corrected chi connectivity index (χ2v) is 3.70. The fourth-order valence-corrected chi connectivity index (χ4v) is 1.83. The largest absolute Gasteiger partial charge is 0.371 e. The van der Waals surface area contributed by atoms with E-state index in [4.69, 9.17) is 5.73 Å².